The molecule has 31 heavy (non-hydrogen) atoms. The van der Waals surface area contributed by atoms with Gasteiger partial charge in [0.25, 0.3) is 0 Å². The van der Waals surface area contributed by atoms with Crippen LogP contribution >= 0.6 is 0 Å². The maximum Gasteiger partial charge on any atom is 0.471 e. The molecule has 3 atom stereocenters. The molecule has 11 heteroatoms. The zero-order valence-electron chi connectivity index (χ0n) is 18.8. The van der Waals surface area contributed by atoms with Crippen molar-refractivity contribution in [1.29, 1.82) is 0 Å². The van der Waals surface area contributed by atoms with Gasteiger partial charge in [0.15, 0.2) is 8.32 Å². The topological polar surface area (TPSA) is 61.9 Å². The zero-order valence-corrected chi connectivity index (χ0v) is 19.8. The molecular formula is C20H33F4N3O3Si. The Morgan fingerprint density at radius 3 is 2.26 bits per heavy atom. The number of piperazine rings is 1. The lowest BCUT2D eigenvalue weighted by molar-refractivity contribution is -0.194. The minimum absolute atomic E-state index is 0.0221. The number of amides is 2. The first-order chi connectivity index (χ1) is 14.1. The molecule has 2 heterocycles. The van der Waals surface area contributed by atoms with E-state index in [-0.39, 0.29) is 43.6 Å². The molecule has 0 radical (unpaired) electrons. The molecule has 0 unspecified atom stereocenters. The number of hydrogen-bond donors (Lipinski definition) is 1. The Morgan fingerprint density at radius 2 is 1.81 bits per heavy atom. The Balaban J connectivity index is 1.84. The van der Waals surface area contributed by atoms with Crippen LogP contribution in [0.4, 0.5) is 17.6 Å². The highest BCUT2D eigenvalue weighted by Gasteiger charge is 2.60. The number of nitrogens with zero attached hydrogens (tertiary/aromatic N) is 2. The van der Waals surface area contributed by atoms with Crippen molar-refractivity contribution in [3.05, 3.63) is 0 Å². The zero-order chi connectivity index (χ0) is 23.4. The fraction of sp³-hybridized carbons (Fsp3) is 0.900. The lowest BCUT2D eigenvalue weighted by Crippen LogP contribution is -2.67. The molecule has 0 bridgehead atoms. The first-order valence-corrected chi connectivity index (χ1v) is 13.7. The van der Waals surface area contributed by atoms with Crippen LogP contribution in [0.3, 0.4) is 0 Å². The molecule has 0 aromatic rings. The van der Waals surface area contributed by atoms with Crippen LogP contribution in [0, 0.1) is 0 Å². The first-order valence-electron chi connectivity index (χ1n) is 10.8. The SMILES string of the molecule is CC(C)(C)[Si](C)(C)OC[C@H]1CN(C(=O)C(F)(F)F)C2(CC2)CN1C(=O)[C@H]1C[C@@H](F)CN1. The average molecular weight is 468 g/mol. The van der Waals surface area contributed by atoms with Crippen molar-refractivity contribution in [2.75, 3.05) is 26.2 Å². The van der Waals surface area contributed by atoms with Crippen molar-refractivity contribution in [1.82, 2.24) is 15.1 Å². The number of alkyl halides is 4. The second-order valence-corrected chi connectivity index (χ2v) is 15.4. The quantitative estimate of drug-likeness (QED) is 0.510. The molecule has 3 rings (SSSR count). The third kappa shape index (κ3) is 4.92. The van der Waals surface area contributed by atoms with Crippen LogP contribution in [0.1, 0.15) is 40.0 Å². The van der Waals surface area contributed by atoms with E-state index in [0.717, 1.165) is 4.90 Å². The van der Waals surface area contributed by atoms with E-state index in [4.69, 9.17) is 4.43 Å². The van der Waals surface area contributed by atoms with Gasteiger partial charge in [-0.2, -0.15) is 13.2 Å². The fourth-order valence-electron chi connectivity index (χ4n) is 4.06. The summed E-state index contributed by atoms with van der Waals surface area (Å²) in [4.78, 5) is 27.8. The van der Waals surface area contributed by atoms with Crippen LogP contribution in [0.5, 0.6) is 0 Å². The summed E-state index contributed by atoms with van der Waals surface area (Å²) in [6, 6.07) is -1.41. The molecule has 1 spiro atoms. The van der Waals surface area contributed by atoms with E-state index in [1.807, 2.05) is 33.9 Å². The fourth-order valence-corrected chi connectivity index (χ4v) is 5.10. The molecule has 3 fully saturated rings. The van der Waals surface area contributed by atoms with Crippen molar-refractivity contribution in [2.45, 2.75) is 88.1 Å². The van der Waals surface area contributed by atoms with Gasteiger partial charge in [-0.05, 0) is 31.0 Å². The van der Waals surface area contributed by atoms with Gasteiger partial charge in [-0.15, -0.1) is 0 Å². The summed E-state index contributed by atoms with van der Waals surface area (Å²) < 4.78 is 59.7. The number of carbonyl (C=O) groups excluding carboxylic acids is 2. The van der Waals surface area contributed by atoms with Gasteiger partial charge in [0.05, 0.1) is 24.2 Å². The Bertz CT molecular complexity index is 721. The maximum atomic E-state index is 13.7. The van der Waals surface area contributed by atoms with Crippen LogP contribution in [-0.4, -0.2) is 86.1 Å². The normalized spacial score (nSPS) is 28.9. The Morgan fingerprint density at radius 1 is 1.19 bits per heavy atom. The Labute approximate surface area is 181 Å². The Hall–Kier alpha value is -1.20. The maximum absolute atomic E-state index is 13.7. The number of carbonyl (C=O) groups is 2. The van der Waals surface area contributed by atoms with Crippen molar-refractivity contribution in [3.8, 4) is 0 Å². The lowest BCUT2D eigenvalue weighted by atomic mass is 10.0. The van der Waals surface area contributed by atoms with Crippen LogP contribution < -0.4 is 5.32 Å². The van der Waals surface area contributed by atoms with Gasteiger partial charge in [-0.1, -0.05) is 20.8 Å². The van der Waals surface area contributed by atoms with E-state index in [9.17, 15) is 27.2 Å². The van der Waals surface area contributed by atoms with E-state index in [2.05, 4.69) is 5.32 Å². The molecule has 3 aliphatic rings. The second-order valence-electron chi connectivity index (χ2n) is 10.6. The standard InChI is InChI=1S/C20H33F4N3O3Si/c1-18(2,3)31(4,5)30-11-14-10-27(17(29)20(22,23)24)19(6-7-19)12-26(14)16(28)15-8-13(21)9-25-15/h13-15,25H,6-12H2,1-5H3/t13-,14-,15-/m1/s1. The van der Waals surface area contributed by atoms with Crippen molar-refractivity contribution >= 4 is 20.1 Å². The van der Waals surface area contributed by atoms with Crippen LogP contribution in [-0.2, 0) is 14.0 Å². The lowest BCUT2D eigenvalue weighted by Gasteiger charge is -2.49. The summed E-state index contributed by atoms with van der Waals surface area (Å²) >= 11 is 0. The second kappa shape index (κ2) is 7.98. The minimum atomic E-state index is -4.97. The van der Waals surface area contributed by atoms with Crippen molar-refractivity contribution in [3.63, 3.8) is 0 Å². The number of hydrogen-bond acceptors (Lipinski definition) is 4. The van der Waals surface area contributed by atoms with Crippen LogP contribution in [0.15, 0.2) is 0 Å². The average Bonchev–Trinajstić information content (AvgIpc) is 3.27. The van der Waals surface area contributed by atoms with Crippen LogP contribution in [0.2, 0.25) is 18.1 Å². The van der Waals surface area contributed by atoms with Gasteiger partial charge >= 0.3 is 12.1 Å². The highest BCUT2D eigenvalue weighted by molar-refractivity contribution is 6.74. The Kier molecular flexibility index (Phi) is 6.29. The molecule has 1 aliphatic carbocycles. The number of halogens is 4. The van der Waals surface area contributed by atoms with E-state index in [1.165, 1.54) is 4.90 Å². The molecule has 0 aromatic carbocycles. The van der Waals surface area contributed by atoms with Gasteiger partial charge in [0.1, 0.15) is 6.17 Å². The van der Waals surface area contributed by atoms with Crippen LogP contribution in [0.25, 0.3) is 0 Å². The first kappa shape index (κ1) is 24.4. The predicted octanol–water partition coefficient (Wildman–Crippen LogP) is 2.84. The number of nitrogens with one attached hydrogen (secondary N) is 1. The molecule has 2 saturated heterocycles. The van der Waals surface area contributed by atoms with Gasteiger partial charge in [0, 0.05) is 26.1 Å². The summed E-state index contributed by atoms with van der Waals surface area (Å²) in [6.07, 6.45) is -5.22. The highest BCUT2D eigenvalue weighted by Crippen LogP contribution is 2.47. The van der Waals surface area contributed by atoms with E-state index in [1.54, 1.807) is 0 Å². The van der Waals surface area contributed by atoms with Gasteiger partial charge in [0.2, 0.25) is 5.91 Å². The molecular weight excluding hydrogens is 434 g/mol. The molecule has 0 aromatic heterocycles. The molecule has 2 aliphatic heterocycles. The minimum Gasteiger partial charge on any atom is -0.415 e. The third-order valence-corrected chi connectivity index (χ3v) is 11.8. The summed E-state index contributed by atoms with van der Waals surface area (Å²) in [5.74, 6) is -2.19. The molecule has 1 N–H and O–H groups in total. The molecule has 2 amide bonds. The van der Waals surface area contributed by atoms with Crippen molar-refractivity contribution in [2.24, 2.45) is 0 Å². The summed E-state index contributed by atoms with van der Waals surface area (Å²) in [6.45, 7) is 10.1. The van der Waals surface area contributed by atoms with Crippen molar-refractivity contribution < 1.29 is 31.6 Å². The molecule has 178 valence electrons. The van der Waals surface area contributed by atoms with E-state index >= 15 is 0 Å². The monoisotopic (exact) mass is 467 g/mol. The summed E-state index contributed by atoms with van der Waals surface area (Å²) in [5, 5.41) is 2.75. The van der Waals surface area contributed by atoms with Gasteiger partial charge < -0.3 is 19.5 Å². The summed E-state index contributed by atoms with van der Waals surface area (Å²) in [7, 11) is -2.24. The number of rotatable bonds is 4. The van der Waals surface area contributed by atoms with E-state index in [0.29, 0.717) is 12.8 Å². The highest BCUT2D eigenvalue weighted by atomic mass is 28.4. The largest absolute Gasteiger partial charge is 0.471 e. The molecule has 6 nitrogen and oxygen atoms in total. The van der Waals surface area contributed by atoms with E-state index < -0.39 is 44.2 Å². The smallest absolute Gasteiger partial charge is 0.415 e. The van der Waals surface area contributed by atoms with Gasteiger partial charge in [-0.25, -0.2) is 4.39 Å². The summed E-state index contributed by atoms with van der Waals surface area (Å²) in [5.41, 5.74) is -0.983. The third-order valence-electron chi connectivity index (χ3n) is 7.29. The van der Waals surface area contributed by atoms with Gasteiger partial charge in [-0.3, -0.25) is 9.59 Å². The predicted molar refractivity (Wildman–Crippen MR) is 110 cm³/mol. The molecule has 1 saturated carbocycles.